The zero-order valence-electron chi connectivity index (χ0n) is 22.8. The van der Waals surface area contributed by atoms with Gasteiger partial charge in [-0.3, -0.25) is 9.20 Å². The van der Waals surface area contributed by atoms with E-state index in [2.05, 4.69) is 41.5 Å². The number of hydrogen-bond donors (Lipinski definition) is 1. The van der Waals surface area contributed by atoms with E-state index < -0.39 is 6.10 Å². The van der Waals surface area contributed by atoms with Gasteiger partial charge in [0.1, 0.15) is 40.0 Å². The average Bonchev–Trinajstić information content (AvgIpc) is 3.73. The Morgan fingerprint density at radius 2 is 2.02 bits per heavy atom. The summed E-state index contributed by atoms with van der Waals surface area (Å²) in [4.78, 5) is 28.8. The second-order valence-electron chi connectivity index (χ2n) is 10.5. The summed E-state index contributed by atoms with van der Waals surface area (Å²) in [5, 5.41) is 20.3. The van der Waals surface area contributed by atoms with Gasteiger partial charge in [-0.2, -0.15) is 5.26 Å². The van der Waals surface area contributed by atoms with E-state index >= 15 is 0 Å². The maximum absolute atomic E-state index is 13.5. The predicted molar refractivity (Wildman–Crippen MR) is 153 cm³/mol. The first kappa shape index (κ1) is 26.2. The molecule has 3 aromatic heterocycles. The molecular formula is C29H30FN7O2S. The van der Waals surface area contributed by atoms with Crippen molar-refractivity contribution in [3.63, 3.8) is 0 Å². The minimum Gasteiger partial charge on any atom is -0.384 e. The maximum Gasteiger partial charge on any atom is 0.251 e. The molecule has 1 amide bonds. The Balaban J connectivity index is 1.38. The van der Waals surface area contributed by atoms with Gasteiger partial charge in [-0.25, -0.2) is 14.4 Å². The third-order valence-electron chi connectivity index (χ3n) is 7.92. The van der Waals surface area contributed by atoms with Crippen molar-refractivity contribution < 1.29 is 14.3 Å². The number of piperazine rings is 1. The lowest BCUT2D eigenvalue weighted by atomic mass is 10.1. The molecule has 0 radical (unpaired) electrons. The third-order valence-corrected chi connectivity index (χ3v) is 8.96. The Morgan fingerprint density at radius 1 is 1.27 bits per heavy atom. The largest absolute Gasteiger partial charge is 0.384 e. The van der Waals surface area contributed by atoms with Crippen LogP contribution in [0.2, 0.25) is 0 Å². The van der Waals surface area contributed by atoms with Crippen molar-refractivity contribution in [3.05, 3.63) is 58.5 Å². The Labute approximate surface area is 235 Å². The monoisotopic (exact) mass is 559 g/mol. The summed E-state index contributed by atoms with van der Waals surface area (Å²) in [6, 6.07) is 10.7. The fourth-order valence-electron chi connectivity index (χ4n) is 5.99. The molecule has 11 heteroatoms. The van der Waals surface area contributed by atoms with Gasteiger partial charge in [0.15, 0.2) is 5.13 Å². The van der Waals surface area contributed by atoms with Crippen molar-refractivity contribution in [2.75, 3.05) is 29.9 Å². The van der Waals surface area contributed by atoms with Crippen LogP contribution in [0.5, 0.6) is 0 Å². The van der Waals surface area contributed by atoms with E-state index in [-0.39, 0.29) is 23.8 Å². The number of rotatable bonds is 6. The van der Waals surface area contributed by atoms with Crippen molar-refractivity contribution in [2.45, 2.75) is 51.8 Å². The van der Waals surface area contributed by atoms with Gasteiger partial charge in [0.05, 0.1) is 17.4 Å². The molecule has 0 saturated carbocycles. The molecule has 0 aliphatic carbocycles. The number of fused-ring (bicyclic) bond motifs is 3. The summed E-state index contributed by atoms with van der Waals surface area (Å²) >= 11 is 1.29. The van der Waals surface area contributed by atoms with Crippen LogP contribution in [0.3, 0.4) is 0 Å². The lowest BCUT2D eigenvalue weighted by molar-refractivity contribution is -0.140. The summed E-state index contributed by atoms with van der Waals surface area (Å²) in [6.07, 6.45) is 2.71. The molecule has 2 saturated heterocycles. The van der Waals surface area contributed by atoms with Crippen LogP contribution in [-0.4, -0.2) is 68.6 Å². The second-order valence-corrected chi connectivity index (χ2v) is 11.5. The van der Waals surface area contributed by atoms with Gasteiger partial charge in [-0.1, -0.05) is 18.3 Å². The molecule has 2 bridgehead atoms. The number of aryl methyl sites for hydroxylation is 2. The standard InChI is InChI=1S/C29H30FN7O2S/c1-5-23-27(34(4)29-33-25(24(12-31)40-29)18-6-8-19(30)9-7-18)37-15-20(10-16(2)26(37)32-23)35-13-22-11-21(35)14-36(22)28(39)17(3)38/h6-10,15,17,21-22,38H,5,11,13-14H2,1-4H3/t17-,21-,22-/m0/s1. The molecule has 3 atom stereocenters. The van der Waals surface area contributed by atoms with E-state index in [0.29, 0.717) is 40.8 Å². The Bertz CT molecular complexity index is 1660. The van der Waals surface area contributed by atoms with E-state index in [1.54, 1.807) is 12.1 Å². The lowest BCUT2D eigenvalue weighted by Crippen LogP contribution is -2.51. The van der Waals surface area contributed by atoms with Gasteiger partial charge in [-0.05, 0) is 62.6 Å². The first-order valence-electron chi connectivity index (χ1n) is 13.4. The molecule has 1 aromatic carbocycles. The number of amides is 1. The van der Waals surface area contributed by atoms with Gasteiger partial charge >= 0.3 is 0 Å². The smallest absolute Gasteiger partial charge is 0.251 e. The van der Waals surface area contributed by atoms with Gasteiger partial charge < -0.3 is 19.8 Å². The minimum absolute atomic E-state index is 0.0869. The van der Waals surface area contributed by atoms with Crippen molar-refractivity contribution in [1.29, 1.82) is 5.26 Å². The van der Waals surface area contributed by atoms with Gasteiger partial charge in [0, 0.05) is 37.9 Å². The Hall–Kier alpha value is -4.01. The number of aliphatic hydroxyl groups excluding tert-OH is 1. The number of halogens is 1. The zero-order valence-corrected chi connectivity index (χ0v) is 23.6. The summed E-state index contributed by atoms with van der Waals surface area (Å²) < 4.78 is 15.6. The highest BCUT2D eigenvalue weighted by Gasteiger charge is 2.46. The molecule has 0 unspecified atom stereocenters. The van der Waals surface area contributed by atoms with Crippen molar-refractivity contribution in [1.82, 2.24) is 19.3 Å². The number of anilines is 3. The van der Waals surface area contributed by atoms with Crippen LogP contribution in [0.25, 0.3) is 16.9 Å². The fourth-order valence-corrected chi connectivity index (χ4v) is 6.84. The molecule has 5 heterocycles. The maximum atomic E-state index is 13.5. The van der Waals surface area contributed by atoms with Crippen LogP contribution in [0.1, 0.15) is 36.4 Å². The van der Waals surface area contributed by atoms with Crippen LogP contribution in [0, 0.1) is 24.1 Å². The normalized spacial score (nSPS) is 18.9. The SMILES string of the molecule is CCc1nc2c(C)cc(N3C[C@@H]4C[C@H]3CN4C(=O)[C@H](C)O)cn2c1N(C)c1nc(-c2ccc(F)cc2)c(C#N)s1. The third kappa shape index (κ3) is 4.19. The zero-order chi connectivity index (χ0) is 28.3. The van der Waals surface area contributed by atoms with E-state index in [4.69, 9.17) is 9.97 Å². The van der Waals surface area contributed by atoms with Gasteiger partial charge in [-0.15, -0.1) is 0 Å². The molecule has 2 aliphatic heterocycles. The van der Waals surface area contributed by atoms with Gasteiger partial charge in [0.25, 0.3) is 5.91 Å². The van der Waals surface area contributed by atoms with E-state index in [0.717, 1.165) is 34.8 Å². The highest BCUT2D eigenvalue weighted by molar-refractivity contribution is 7.16. The molecular weight excluding hydrogens is 529 g/mol. The van der Waals surface area contributed by atoms with E-state index in [1.807, 2.05) is 16.8 Å². The average molecular weight is 560 g/mol. The number of thiazole rings is 1. The van der Waals surface area contributed by atoms with Crippen LogP contribution in [0.4, 0.5) is 21.0 Å². The molecule has 1 N–H and O–H groups in total. The first-order chi connectivity index (χ1) is 19.2. The number of likely N-dealkylation sites (tertiary alicyclic amines) is 1. The summed E-state index contributed by atoms with van der Waals surface area (Å²) in [6.45, 7) is 6.96. The molecule has 9 nitrogen and oxygen atoms in total. The number of aromatic nitrogens is 3. The molecule has 0 spiro atoms. The number of carbonyl (C=O) groups is 1. The van der Waals surface area contributed by atoms with Crippen molar-refractivity contribution in [2.24, 2.45) is 0 Å². The highest BCUT2D eigenvalue weighted by Crippen LogP contribution is 2.39. The molecule has 40 heavy (non-hydrogen) atoms. The van der Waals surface area contributed by atoms with E-state index in [9.17, 15) is 19.6 Å². The fraction of sp³-hybridized carbons (Fsp3) is 0.379. The summed E-state index contributed by atoms with van der Waals surface area (Å²) in [7, 11) is 1.93. The lowest BCUT2D eigenvalue weighted by Gasteiger charge is -2.36. The number of pyridine rings is 1. The van der Waals surface area contributed by atoms with E-state index in [1.165, 1.54) is 30.4 Å². The summed E-state index contributed by atoms with van der Waals surface area (Å²) in [5.41, 5.74) is 5.08. The van der Waals surface area contributed by atoms with Gasteiger partial charge in [0.2, 0.25) is 0 Å². The first-order valence-corrected chi connectivity index (χ1v) is 14.2. The van der Waals surface area contributed by atoms with Crippen molar-refractivity contribution >= 4 is 39.5 Å². The number of imidazole rings is 1. The number of carbonyl (C=O) groups excluding carboxylic acids is 1. The topological polar surface area (TPSA) is 101 Å². The van der Waals surface area contributed by atoms with Crippen LogP contribution in [-0.2, 0) is 11.2 Å². The van der Waals surface area contributed by atoms with Crippen molar-refractivity contribution in [3.8, 4) is 17.3 Å². The quantitative estimate of drug-likeness (QED) is 0.376. The molecule has 2 aliphatic rings. The number of nitrogens with zero attached hydrogens (tertiary/aromatic N) is 7. The number of nitriles is 1. The molecule has 6 rings (SSSR count). The van der Waals surface area contributed by atoms with Crippen LogP contribution in [0.15, 0.2) is 36.5 Å². The highest BCUT2D eigenvalue weighted by atomic mass is 32.1. The second kappa shape index (κ2) is 9.87. The molecule has 4 aromatic rings. The Kier molecular flexibility index (Phi) is 6.47. The predicted octanol–water partition coefficient (Wildman–Crippen LogP) is 4.28. The molecule has 2 fully saturated rings. The van der Waals surface area contributed by atoms with Crippen LogP contribution < -0.4 is 9.80 Å². The molecule has 206 valence electrons. The summed E-state index contributed by atoms with van der Waals surface area (Å²) in [5.74, 6) is 0.333. The number of benzene rings is 1. The number of aliphatic hydroxyl groups is 1. The Morgan fingerprint density at radius 3 is 2.65 bits per heavy atom. The van der Waals surface area contributed by atoms with Crippen LogP contribution >= 0.6 is 11.3 Å². The minimum atomic E-state index is -0.987. The number of hydrogen-bond acceptors (Lipinski definition) is 8.